The molecule has 7 nitrogen and oxygen atoms in total. The molecule has 2 aromatic rings. The second-order valence-electron chi connectivity index (χ2n) is 7.36. The second-order valence-corrected chi connectivity index (χ2v) is 7.36. The van der Waals surface area contributed by atoms with Crippen LogP contribution in [0.3, 0.4) is 0 Å². The van der Waals surface area contributed by atoms with Crippen molar-refractivity contribution in [2.24, 2.45) is 4.99 Å². The van der Waals surface area contributed by atoms with Gasteiger partial charge in [0.25, 0.3) is 0 Å². The SMILES string of the molecule is CCNC(=NCC(c1ccco1)N1CCCC1)NCCCCn1ccccc1=O. The maximum atomic E-state index is 11.7. The van der Waals surface area contributed by atoms with Gasteiger partial charge in [-0.2, -0.15) is 0 Å². The van der Waals surface area contributed by atoms with Crippen molar-refractivity contribution in [3.8, 4) is 0 Å². The van der Waals surface area contributed by atoms with Crippen molar-refractivity contribution in [1.82, 2.24) is 20.1 Å². The minimum atomic E-state index is 0.0567. The maximum Gasteiger partial charge on any atom is 0.250 e. The summed E-state index contributed by atoms with van der Waals surface area (Å²) in [6.07, 6.45) is 7.98. The molecule has 1 fully saturated rings. The van der Waals surface area contributed by atoms with Crippen molar-refractivity contribution in [2.75, 3.05) is 32.7 Å². The molecule has 29 heavy (non-hydrogen) atoms. The van der Waals surface area contributed by atoms with Crippen LogP contribution in [-0.2, 0) is 6.54 Å². The first-order valence-corrected chi connectivity index (χ1v) is 10.7. The Bertz CT molecular complexity index is 794. The first kappa shape index (κ1) is 21.2. The fraction of sp³-hybridized carbons (Fsp3) is 0.545. The molecule has 0 radical (unpaired) electrons. The standard InChI is InChI=1S/C22H33N5O2/c1-2-23-22(24-12-4-6-16-27-15-5-3-11-21(27)28)25-18-19(20-10-9-17-29-20)26-13-7-8-14-26/h3,5,9-11,15,17,19H,2,4,6-8,12-14,16,18H2,1H3,(H2,23,24,25). The van der Waals surface area contributed by atoms with Crippen LogP contribution in [0.4, 0.5) is 0 Å². The number of pyridine rings is 1. The smallest absolute Gasteiger partial charge is 0.250 e. The Labute approximate surface area is 172 Å². The molecule has 0 spiro atoms. The quantitative estimate of drug-likeness (QED) is 0.365. The van der Waals surface area contributed by atoms with Gasteiger partial charge in [0.2, 0.25) is 5.56 Å². The highest BCUT2D eigenvalue weighted by atomic mass is 16.3. The Kier molecular flexibility index (Phi) is 8.37. The predicted molar refractivity (Wildman–Crippen MR) is 116 cm³/mol. The topological polar surface area (TPSA) is 74.8 Å². The molecule has 3 rings (SSSR count). The fourth-order valence-electron chi connectivity index (χ4n) is 3.70. The van der Waals surface area contributed by atoms with Crippen LogP contribution in [0.2, 0.25) is 0 Å². The number of nitrogens with zero attached hydrogens (tertiary/aromatic N) is 3. The number of hydrogen-bond donors (Lipinski definition) is 2. The number of nitrogens with one attached hydrogen (secondary N) is 2. The Balaban J connectivity index is 1.49. The van der Waals surface area contributed by atoms with Crippen LogP contribution >= 0.6 is 0 Å². The monoisotopic (exact) mass is 399 g/mol. The number of unbranched alkanes of at least 4 members (excludes halogenated alkanes) is 1. The van der Waals surface area contributed by atoms with Gasteiger partial charge in [0.15, 0.2) is 5.96 Å². The van der Waals surface area contributed by atoms with Crippen molar-refractivity contribution in [2.45, 2.75) is 45.2 Å². The minimum Gasteiger partial charge on any atom is -0.468 e. The summed E-state index contributed by atoms with van der Waals surface area (Å²) in [4.78, 5) is 19.0. The predicted octanol–water partition coefficient (Wildman–Crippen LogP) is 2.61. The molecule has 158 valence electrons. The molecule has 0 saturated carbocycles. The lowest BCUT2D eigenvalue weighted by atomic mass is 10.2. The highest BCUT2D eigenvalue weighted by Gasteiger charge is 2.25. The van der Waals surface area contributed by atoms with E-state index in [9.17, 15) is 4.79 Å². The molecular formula is C22H33N5O2. The third-order valence-electron chi connectivity index (χ3n) is 5.24. The summed E-state index contributed by atoms with van der Waals surface area (Å²) < 4.78 is 7.44. The van der Waals surface area contributed by atoms with E-state index in [0.717, 1.165) is 57.3 Å². The van der Waals surface area contributed by atoms with Gasteiger partial charge in [-0.1, -0.05) is 6.07 Å². The molecular weight excluding hydrogens is 366 g/mol. The Morgan fingerprint density at radius 2 is 2.03 bits per heavy atom. The largest absolute Gasteiger partial charge is 0.468 e. The number of aliphatic imine (C=N–C) groups is 1. The zero-order chi connectivity index (χ0) is 20.3. The van der Waals surface area contributed by atoms with Gasteiger partial charge < -0.3 is 19.6 Å². The molecule has 3 heterocycles. The molecule has 1 atom stereocenters. The van der Waals surface area contributed by atoms with Crippen LogP contribution in [-0.4, -0.2) is 48.2 Å². The van der Waals surface area contributed by atoms with Crippen molar-refractivity contribution in [3.05, 3.63) is 58.9 Å². The number of likely N-dealkylation sites (tertiary alicyclic amines) is 1. The molecule has 1 aliphatic rings. The van der Waals surface area contributed by atoms with E-state index in [1.165, 1.54) is 12.8 Å². The fourth-order valence-corrected chi connectivity index (χ4v) is 3.70. The summed E-state index contributed by atoms with van der Waals surface area (Å²) in [7, 11) is 0. The van der Waals surface area contributed by atoms with Gasteiger partial charge >= 0.3 is 0 Å². The highest BCUT2D eigenvalue weighted by Crippen LogP contribution is 2.25. The summed E-state index contributed by atoms with van der Waals surface area (Å²) in [5.74, 6) is 1.82. The molecule has 2 aromatic heterocycles. The van der Waals surface area contributed by atoms with Crippen molar-refractivity contribution < 1.29 is 4.42 Å². The van der Waals surface area contributed by atoms with E-state index in [1.807, 2.05) is 24.4 Å². The molecule has 7 heteroatoms. The average Bonchev–Trinajstić information content (AvgIpc) is 3.44. The highest BCUT2D eigenvalue weighted by molar-refractivity contribution is 5.79. The molecule has 2 N–H and O–H groups in total. The molecule has 0 aliphatic carbocycles. The third-order valence-corrected chi connectivity index (χ3v) is 5.24. The molecule has 1 unspecified atom stereocenters. The maximum absolute atomic E-state index is 11.7. The summed E-state index contributed by atoms with van der Waals surface area (Å²) in [6.45, 7) is 7.33. The summed E-state index contributed by atoms with van der Waals surface area (Å²) in [5, 5.41) is 6.74. The van der Waals surface area contributed by atoms with Gasteiger partial charge in [-0.05, 0) is 63.9 Å². The van der Waals surface area contributed by atoms with Gasteiger partial charge in [0.1, 0.15) is 5.76 Å². The Hall–Kier alpha value is -2.54. The van der Waals surface area contributed by atoms with E-state index < -0.39 is 0 Å². The lowest BCUT2D eigenvalue weighted by Crippen LogP contribution is -2.39. The van der Waals surface area contributed by atoms with Crippen LogP contribution in [0.15, 0.2) is 57.0 Å². The molecule has 1 saturated heterocycles. The lowest BCUT2D eigenvalue weighted by molar-refractivity contribution is 0.221. The zero-order valence-electron chi connectivity index (χ0n) is 17.3. The molecule has 0 bridgehead atoms. The van der Waals surface area contributed by atoms with E-state index in [-0.39, 0.29) is 11.6 Å². The van der Waals surface area contributed by atoms with Gasteiger partial charge in [-0.3, -0.25) is 14.7 Å². The number of rotatable bonds is 10. The Morgan fingerprint density at radius 3 is 2.76 bits per heavy atom. The van der Waals surface area contributed by atoms with Gasteiger partial charge in [-0.15, -0.1) is 0 Å². The number of guanidine groups is 1. The molecule has 0 amide bonds. The summed E-state index contributed by atoms with van der Waals surface area (Å²) >= 11 is 0. The summed E-state index contributed by atoms with van der Waals surface area (Å²) in [5.41, 5.74) is 0.0567. The van der Waals surface area contributed by atoms with E-state index in [4.69, 9.17) is 9.41 Å². The Morgan fingerprint density at radius 1 is 1.17 bits per heavy atom. The van der Waals surface area contributed by atoms with Gasteiger partial charge in [0.05, 0.1) is 18.8 Å². The number of furan rings is 1. The van der Waals surface area contributed by atoms with E-state index in [1.54, 1.807) is 23.0 Å². The lowest BCUT2D eigenvalue weighted by Gasteiger charge is -2.24. The molecule has 0 aromatic carbocycles. The summed E-state index contributed by atoms with van der Waals surface area (Å²) in [6, 6.07) is 9.45. The average molecular weight is 400 g/mol. The van der Waals surface area contributed by atoms with Crippen molar-refractivity contribution in [1.29, 1.82) is 0 Å². The van der Waals surface area contributed by atoms with E-state index in [2.05, 4.69) is 22.5 Å². The first-order valence-electron chi connectivity index (χ1n) is 10.7. The van der Waals surface area contributed by atoms with Crippen LogP contribution in [0.5, 0.6) is 0 Å². The van der Waals surface area contributed by atoms with Gasteiger partial charge in [-0.25, -0.2) is 0 Å². The number of aryl methyl sites for hydroxylation is 1. The van der Waals surface area contributed by atoms with Gasteiger partial charge in [0, 0.05) is 31.9 Å². The van der Waals surface area contributed by atoms with Crippen LogP contribution in [0.25, 0.3) is 0 Å². The second kappa shape index (κ2) is 11.5. The van der Waals surface area contributed by atoms with Crippen molar-refractivity contribution >= 4 is 5.96 Å². The van der Waals surface area contributed by atoms with Crippen LogP contribution in [0.1, 0.15) is 44.4 Å². The third kappa shape index (κ3) is 6.49. The normalized spacial score (nSPS) is 16.1. The number of hydrogen-bond acceptors (Lipinski definition) is 4. The minimum absolute atomic E-state index is 0.0567. The van der Waals surface area contributed by atoms with Crippen LogP contribution in [0, 0.1) is 0 Å². The van der Waals surface area contributed by atoms with Crippen LogP contribution < -0.4 is 16.2 Å². The van der Waals surface area contributed by atoms with Crippen molar-refractivity contribution in [3.63, 3.8) is 0 Å². The van der Waals surface area contributed by atoms with E-state index in [0.29, 0.717) is 6.54 Å². The first-order chi connectivity index (χ1) is 14.3. The zero-order valence-corrected chi connectivity index (χ0v) is 17.3. The van der Waals surface area contributed by atoms with E-state index >= 15 is 0 Å². The molecule has 1 aliphatic heterocycles. The number of aromatic nitrogens is 1.